The Morgan fingerprint density at radius 3 is 3.20 bits per heavy atom. The normalized spacial score (nSPS) is 19.5. The minimum atomic E-state index is 0.294. The Hall–Kier alpha value is -0.0900. The molecule has 1 aromatic heterocycles. The molecule has 0 bridgehead atoms. The van der Waals surface area contributed by atoms with Crippen molar-refractivity contribution in [3.05, 3.63) is 20.8 Å². The second kappa shape index (κ2) is 5.30. The molecule has 0 saturated heterocycles. The number of unbranched alkanes of at least 4 members (excludes halogenated alkanes) is 1. The Morgan fingerprint density at radius 1 is 1.53 bits per heavy atom. The van der Waals surface area contributed by atoms with Crippen molar-refractivity contribution in [1.29, 1.82) is 0 Å². The predicted molar refractivity (Wildman–Crippen MR) is 64.7 cm³/mol. The van der Waals surface area contributed by atoms with Gasteiger partial charge >= 0.3 is 0 Å². The molecular formula is C11H16ClNOS. The molecule has 0 fully saturated rings. The van der Waals surface area contributed by atoms with Gasteiger partial charge in [0.2, 0.25) is 0 Å². The molecule has 0 spiro atoms. The highest BCUT2D eigenvalue weighted by atomic mass is 35.5. The molecule has 0 aliphatic heterocycles. The molecule has 1 atom stereocenters. The van der Waals surface area contributed by atoms with E-state index in [-0.39, 0.29) is 0 Å². The summed E-state index contributed by atoms with van der Waals surface area (Å²) in [6, 6.07) is 2.58. The quantitative estimate of drug-likeness (QED) is 0.782. The number of fused-ring (bicyclic) bond motifs is 1. The fraction of sp³-hybridized carbons (Fsp3) is 0.636. The molecule has 0 radical (unpaired) electrons. The van der Waals surface area contributed by atoms with E-state index in [2.05, 4.69) is 11.4 Å². The van der Waals surface area contributed by atoms with E-state index in [9.17, 15) is 0 Å². The summed E-state index contributed by atoms with van der Waals surface area (Å²) >= 11 is 7.69. The number of aryl methyl sites for hydroxylation is 1. The molecule has 2 nitrogen and oxygen atoms in total. The average Bonchev–Trinajstić information content (AvgIpc) is 2.73. The van der Waals surface area contributed by atoms with Crippen LogP contribution >= 0.6 is 22.9 Å². The minimum Gasteiger partial charge on any atom is -0.396 e. The maximum Gasteiger partial charge on any atom is 0.0934 e. The zero-order valence-corrected chi connectivity index (χ0v) is 10.2. The van der Waals surface area contributed by atoms with Gasteiger partial charge in [0.25, 0.3) is 0 Å². The van der Waals surface area contributed by atoms with Crippen molar-refractivity contribution < 1.29 is 5.11 Å². The van der Waals surface area contributed by atoms with E-state index in [0.717, 1.165) is 30.1 Å². The van der Waals surface area contributed by atoms with E-state index in [4.69, 9.17) is 16.7 Å². The van der Waals surface area contributed by atoms with Crippen LogP contribution < -0.4 is 5.32 Å². The summed E-state index contributed by atoms with van der Waals surface area (Å²) in [5.74, 6) is 0. The van der Waals surface area contributed by atoms with Gasteiger partial charge in [-0.1, -0.05) is 11.6 Å². The molecule has 0 amide bonds. The van der Waals surface area contributed by atoms with E-state index in [1.807, 2.05) is 0 Å². The molecule has 4 heteroatoms. The van der Waals surface area contributed by atoms with Crippen molar-refractivity contribution in [2.24, 2.45) is 0 Å². The maximum atomic E-state index is 8.68. The van der Waals surface area contributed by atoms with Crippen LogP contribution in [0.15, 0.2) is 6.07 Å². The molecule has 1 aliphatic rings. The molecule has 2 rings (SSSR count). The lowest BCUT2D eigenvalue weighted by molar-refractivity contribution is 0.282. The third kappa shape index (κ3) is 2.72. The lowest BCUT2D eigenvalue weighted by atomic mass is 10.1. The van der Waals surface area contributed by atoms with Gasteiger partial charge in [-0.3, -0.25) is 0 Å². The van der Waals surface area contributed by atoms with Gasteiger partial charge < -0.3 is 10.4 Å². The van der Waals surface area contributed by atoms with Gasteiger partial charge in [0, 0.05) is 17.5 Å². The van der Waals surface area contributed by atoms with Crippen molar-refractivity contribution in [2.75, 3.05) is 13.2 Å². The standard InChI is InChI=1S/C11H16ClNOS/c12-11-7-8-9(3-4-10(8)15-11)13-5-1-2-6-14/h7,9,13-14H,1-6H2. The van der Waals surface area contributed by atoms with Crippen LogP contribution in [0.3, 0.4) is 0 Å². The molecule has 0 aromatic carbocycles. The average molecular weight is 246 g/mol. The van der Waals surface area contributed by atoms with Gasteiger partial charge in [0.05, 0.1) is 4.34 Å². The van der Waals surface area contributed by atoms with Crippen LogP contribution in [0, 0.1) is 0 Å². The van der Waals surface area contributed by atoms with E-state index >= 15 is 0 Å². The van der Waals surface area contributed by atoms with Crippen molar-refractivity contribution >= 4 is 22.9 Å². The molecule has 1 heterocycles. The summed E-state index contributed by atoms with van der Waals surface area (Å²) in [6.45, 7) is 1.28. The third-order valence-electron chi connectivity index (χ3n) is 2.82. The van der Waals surface area contributed by atoms with Gasteiger partial charge in [-0.05, 0) is 43.9 Å². The monoisotopic (exact) mass is 245 g/mol. The lowest BCUT2D eigenvalue weighted by Crippen LogP contribution is -2.20. The Balaban J connectivity index is 1.84. The number of rotatable bonds is 5. The van der Waals surface area contributed by atoms with Crippen molar-refractivity contribution in [3.8, 4) is 0 Å². The fourth-order valence-corrected chi connectivity index (χ4v) is 3.41. The lowest BCUT2D eigenvalue weighted by Gasteiger charge is -2.12. The number of thiophene rings is 1. The highest BCUT2D eigenvalue weighted by molar-refractivity contribution is 7.16. The molecular weight excluding hydrogens is 230 g/mol. The van der Waals surface area contributed by atoms with Gasteiger partial charge in [0.15, 0.2) is 0 Å². The summed E-state index contributed by atoms with van der Waals surface area (Å²) in [7, 11) is 0. The number of nitrogens with one attached hydrogen (secondary N) is 1. The van der Waals surface area contributed by atoms with Crippen LogP contribution in [0.5, 0.6) is 0 Å². The molecule has 1 aromatic rings. The summed E-state index contributed by atoms with van der Waals surface area (Å²) in [5, 5.41) is 12.2. The number of halogens is 1. The Labute approximate surface area is 99.3 Å². The van der Waals surface area contributed by atoms with Gasteiger partial charge in [0.1, 0.15) is 0 Å². The second-order valence-corrected chi connectivity index (χ2v) is 5.67. The SMILES string of the molecule is OCCCCNC1CCc2sc(Cl)cc21. The van der Waals surface area contributed by atoms with Gasteiger partial charge in [-0.2, -0.15) is 0 Å². The molecule has 2 N–H and O–H groups in total. The van der Waals surface area contributed by atoms with Crippen LogP contribution in [0.25, 0.3) is 0 Å². The molecule has 84 valence electrons. The Morgan fingerprint density at radius 2 is 2.40 bits per heavy atom. The van der Waals surface area contributed by atoms with Gasteiger partial charge in [-0.15, -0.1) is 11.3 Å². The van der Waals surface area contributed by atoms with Crippen molar-refractivity contribution in [1.82, 2.24) is 5.32 Å². The van der Waals surface area contributed by atoms with Crippen LogP contribution in [-0.2, 0) is 6.42 Å². The highest BCUT2D eigenvalue weighted by Crippen LogP contribution is 2.39. The molecule has 1 aliphatic carbocycles. The largest absolute Gasteiger partial charge is 0.396 e. The first-order valence-electron chi connectivity index (χ1n) is 5.43. The number of aliphatic hydroxyl groups is 1. The Kier molecular flexibility index (Phi) is 4.03. The van der Waals surface area contributed by atoms with Crippen molar-refractivity contribution in [2.45, 2.75) is 31.7 Å². The molecule has 15 heavy (non-hydrogen) atoms. The van der Waals surface area contributed by atoms with Crippen LogP contribution in [0.1, 0.15) is 35.7 Å². The summed E-state index contributed by atoms with van der Waals surface area (Å²) in [4.78, 5) is 1.44. The summed E-state index contributed by atoms with van der Waals surface area (Å²) in [5.41, 5.74) is 1.40. The maximum absolute atomic E-state index is 8.68. The number of hydrogen-bond acceptors (Lipinski definition) is 3. The van der Waals surface area contributed by atoms with E-state index in [0.29, 0.717) is 12.6 Å². The van der Waals surface area contributed by atoms with Crippen LogP contribution in [-0.4, -0.2) is 18.3 Å². The highest BCUT2D eigenvalue weighted by Gasteiger charge is 2.24. The van der Waals surface area contributed by atoms with E-state index in [1.54, 1.807) is 11.3 Å². The van der Waals surface area contributed by atoms with E-state index < -0.39 is 0 Å². The van der Waals surface area contributed by atoms with E-state index in [1.165, 1.54) is 16.9 Å². The first-order valence-corrected chi connectivity index (χ1v) is 6.63. The third-order valence-corrected chi connectivity index (χ3v) is 4.16. The second-order valence-electron chi connectivity index (χ2n) is 3.91. The zero-order valence-electron chi connectivity index (χ0n) is 8.63. The molecule has 1 unspecified atom stereocenters. The fourth-order valence-electron chi connectivity index (χ4n) is 2.06. The van der Waals surface area contributed by atoms with Crippen molar-refractivity contribution in [3.63, 3.8) is 0 Å². The predicted octanol–water partition coefficient (Wildman–Crippen LogP) is 2.75. The van der Waals surface area contributed by atoms with Crippen LogP contribution in [0.4, 0.5) is 0 Å². The first kappa shape index (κ1) is 11.4. The number of aliphatic hydroxyl groups excluding tert-OH is 1. The zero-order chi connectivity index (χ0) is 10.7. The van der Waals surface area contributed by atoms with Crippen LogP contribution in [0.2, 0.25) is 4.34 Å². The number of hydrogen-bond donors (Lipinski definition) is 2. The summed E-state index contributed by atoms with van der Waals surface area (Å²) < 4.78 is 0.904. The Bertz CT molecular complexity index is 326. The van der Waals surface area contributed by atoms with Gasteiger partial charge in [-0.25, -0.2) is 0 Å². The first-order chi connectivity index (χ1) is 7.31. The smallest absolute Gasteiger partial charge is 0.0934 e. The molecule has 0 saturated carbocycles. The topological polar surface area (TPSA) is 32.3 Å². The minimum absolute atomic E-state index is 0.294. The summed E-state index contributed by atoms with van der Waals surface area (Å²) in [6.07, 6.45) is 4.28.